The van der Waals surface area contributed by atoms with Gasteiger partial charge in [0.15, 0.2) is 0 Å². The molecule has 2 amide bonds. The van der Waals surface area contributed by atoms with Gasteiger partial charge >= 0.3 is 0 Å². The summed E-state index contributed by atoms with van der Waals surface area (Å²) in [6, 6.07) is 18.1. The highest BCUT2D eigenvalue weighted by Crippen LogP contribution is 2.27. The summed E-state index contributed by atoms with van der Waals surface area (Å²) in [5.41, 5.74) is 3.85. The Kier molecular flexibility index (Phi) is 10.8. The summed E-state index contributed by atoms with van der Waals surface area (Å²) < 4.78 is 29.1. The number of nitrogens with one attached hydrogen (secondary N) is 1. The monoisotopic (exact) mass is 583 g/mol. The van der Waals surface area contributed by atoms with Gasteiger partial charge in [0.1, 0.15) is 12.6 Å². The minimum absolute atomic E-state index is 0.0574. The van der Waals surface area contributed by atoms with E-state index in [1.54, 1.807) is 42.5 Å². The predicted molar refractivity (Wildman–Crippen MR) is 161 cm³/mol. The lowest BCUT2D eigenvalue weighted by molar-refractivity contribution is -0.140. The van der Waals surface area contributed by atoms with Crippen molar-refractivity contribution in [2.24, 2.45) is 0 Å². The van der Waals surface area contributed by atoms with E-state index >= 15 is 0 Å². The molecule has 1 atom stereocenters. The largest absolute Gasteiger partial charge is 0.354 e. The summed E-state index contributed by atoms with van der Waals surface area (Å²) in [5.74, 6) is -0.795. The Labute approximate surface area is 243 Å². The minimum Gasteiger partial charge on any atom is -0.354 e. The predicted octanol–water partition coefficient (Wildman–Crippen LogP) is 5.79. The topological polar surface area (TPSA) is 86.8 Å². The lowest BCUT2D eigenvalue weighted by atomic mass is 10.1. The molecule has 0 fully saturated rings. The smallest absolute Gasteiger partial charge is 0.264 e. The van der Waals surface area contributed by atoms with Crippen LogP contribution >= 0.6 is 11.6 Å². The van der Waals surface area contributed by atoms with E-state index in [1.807, 2.05) is 46.8 Å². The fraction of sp³-hybridized carbons (Fsp3) is 0.355. The average molecular weight is 584 g/mol. The van der Waals surface area contributed by atoms with Crippen LogP contribution in [-0.4, -0.2) is 44.3 Å². The molecule has 3 aromatic rings. The van der Waals surface area contributed by atoms with Crippen molar-refractivity contribution in [3.8, 4) is 0 Å². The number of carbonyl (C=O) groups is 2. The maximum Gasteiger partial charge on any atom is 0.264 e. The Morgan fingerprint density at radius 3 is 2.20 bits per heavy atom. The summed E-state index contributed by atoms with van der Waals surface area (Å²) in [6.45, 7) is 9.53. The molecule has 7 nitrogen and oxygen atoms in total. The highest BCUT2D eigenvalue weighted by molar-refractivity contribution is 7.92. The first-order valence-corrected chi connectivity index (χ1v) is 15.3. The summed E-state index contributed by atoms with van der Waals surface area (Å²) in [7, 11) is -4.12. The molecule has 0 aliphatic carbocycles. The second-order valence-corrected chi connectivity index (χ2v) is 12.2. The van der Waals surface area contributed by atoms with Gasteiger partial charge in [-0.2, -0.15) is 0 Å². The summed E-state index contributed by atoms with van der Waals surface area (Å²) in [6.07, 6.45) is 1.09. The fourth-order valence-corrected chi connectivity index (χ4v) is 5.94. The van der Waals surface area contributed by atoms with E-state index < -0.39 is 28.5 Å². The number of benzene rings is 3. The van der Waals surface area contributed by atoms with Gasteiger partial charge in [0.2, 0.25) is 11.8 Å². The molecule has 0 aromatic heterocycles. The Hall–Kier alpha value is -3.36. The maximum atomic E-state index is 14.1. The molecule has 0 aliphatic heterocycles. The van der Waals surface area contributed by atoms with Crippen molar-refractivity contribution in [1.82, 2.24) is 10.2 Å². The molecule has 9 heteroatoms. The SMILES string of the molecule is CCCNC(=O)[C@H](CC)N(Cc1ccccc1Cl)C(=O)CN(c1ccc(C)c(C)c1)S(=O)(=O)c1ccc(C)cc1. The van der Waals surface area contributed by atoms with Gasteiger partial charge in [0, 0.05) is 18.1 Å². The fourth-order valence-electron chi connectivity index (χ4n) is 4.34. The van der Waals surface area contributed by atoms with Gasteiger partial charge in [-0.05, 0) is 80.6 Å². The van der Waals surface area contributed by atoms with E-state index in [9.17, 15) is 18.0 Å². The van der Waals surface area contributed by atoms with Crippen LogP contribution in [-0.2, 0) is 26.2 Å². The minimum atomic E-state index is -4.12. The van der Waals surface area contributed by atoms with Gasteiger partial charge < -0.3 is 10.2 Å². The highest BCUT2D eigenvalue weighted by atomic mass is 35.5. The molecule has 0 spiro atoms. The van der Waals surface area contributed by atoms with Crippen molar-refractivity contribution in [2.45, 2.75) is 64.9 Å². The summed E-state index contributed by atoms with van der Waals surface area (Å²) in [4.78, 5) is 28.8. The normalized spacial score (nSPS) is 12.1. The lowest BCUT2D eigenvalue weighted by Crippen LogP contribution is -2.52. The van der Waals surface area contributed by atoms with Crippen molar-refractivity contribution in [1.29, 1.82) is 0 Å². The van der Waals surface area contributed by atoms with Crippen molar-refractivity contribution >= 4 is 39.1 Å². The van der Waals surface area contributed by atoms with Gasteiger partial charge in [-0.1, -0.05) is 67.4 Å². The molecule has 0 saturated heterocycles. The first kappa shape index (κ1) is 31.2. The van der Waals surface area contributed by atoms with Crippen LogP contribution in [0.3, 0.4) is 0 Å². The van der Waals surface area contributed by atoms with Crippen LogP contribution in [0.1, 0.15) is 48.9 Å². The van der Waals surface area contributed by atoms with Crippen molar-refractivity contribution in [3.63, 3.8) is 0 Å². The van der Waals surface area contributed by atoms with Crippen molar-refractivity contribution in [3.05, 3.63) is 94.0 Å². The van der Waals surface area contributed by atoms with Crippen LogP contribution in [0.15, 0.2) is 71.6 Å². The van der Waals surface area contributed by atoms with Gasteiger partial charge in [-0.15, -0.1) is 0 Å². The number of nitrogens with zero attached hydrogens (tertiary/aromatic N) is 2. The zero-order chi connectivity index (χ0) is 29.4. The molecule has 214 valence electrons. The lowest BCUT2D eigenvalue weighted by Gasteiger charge is -2.33. The molecule has 0 bridgehead atoms. The van der Waals surface area contributed by atoms with E-state index in [1.165, 1.54) is 17.0 Å². The number of hydrogen-bond acceptors (Lipinski definition) is 4. The third-order valence-electron chi connectivity index (χ3n) is 6.90. The molecular formula is C31H38ClN3O4S. The molecule has 0 radical (unpaired) electrons. The highest BCUT2D eigenvalue weighted by Gasteiger charge is 2.34. The van der Waals surface area contributed by atoms with Crippen molar-refractivity contribution in [2.75, 3.05) is 17.4 Å². The van der Waals surface area contributed by atoms with Crippen LogP contribution in [0.2, 0.25) is 5.02 Å². The van der Waals surface area contributed by atoms with Gasteiger partial charge in [-0.25, -0.2) is 8.42 Å². The number of halogens is 1. The molecule has 0 heterocycles. The Bertz CT molecular complexity index is 1440. The molecular weight excluding hydrogens is 546 g/mol. The molecule has 0 aliphatic rings. The zero-order valence-corrected chi connectivity index (χ0v) is 25.3. The summed E-state index contributed by atoms with van der Waals surface area (Å²) in [5, 5.41) is 3.34. The number of anilines is 1. The number of carbonyl (C=O) groups excluding carboxylic acids is 2. The second-order valence-electron chi connectivity index (χ2n) is 9.92. The number of sulfonamides is 1. The standard InChI is InChI=1S/C31H38ClN3O4S/c1-6-18-33-31(37)29(7-2)34(20-25-10-8-9-11-28(25)32)30(36)21-35(26-15-14-23(4)24(5)19-26)40(38,39)27-16-12-22(3)13-17-27/h8-17,19,29H,6-7,18,20-21H2,1-5H3,(H,33,37)/t29-/m0/s1. The van der Waals surface area contributed by atoms with Crippen molar-refractivity contribution < 1.29 is 18.0 Å². The van der Waals surface area contributed by atoms with Crippen LogP contribution in [0.4, 0.5) is 5.69 Å². The second kappa shape index (κ2) is 13.8. The van der Waals surface area contributed by atoms with E-state index in [2.05, 4.69) is 5.32 Å². The van der Waals surface area contributed by atoms with Crippen LogP contribution < -0.4 is 9.62 Å². The Morgan fingerprint density at radius 1 is 0.925 bits per heavy atom. The van der Waals surface area contributed by atoms with E-state index in [0.717, 1.165) is 27.4 Å². The van der Waals surface area contributed by atoms with E-state index in [-0.39, 0.29) is 17.3 Å². The van der Waals surface area contributed by atoms with E-state index in [4.69, 9.17) is 11.6 Å². The number of hydrogen-bond donors (Lipinski definition) is 1. The van der Waals surface area contributed by atoms with Gasteiger partial charge in [0.25, 0.3) is 10.0 Å². The molecule has 0 unspecified atom stereocenters. The number of amides is 2. The van der Waals surface area contributed by atoms with Crippen LogP contribution in [0.25, 0.3) is 0 Å². The molecule has 0 saturated carbocycles. The number of rotatable bonds is 12. The Morgan fingerprint density at radius 2 is 1.60 bits per heavy atom. The molecule has 40 heavy (non-hydrogen) atoms. The third-order valence-corrected chi connectivity index (χ3v) is 9.06. The molecule has 3 rings (SSSR count). The average Bonchev–Trinajstić information content (AvgIpc) is 2.93. The van der Waals surface area contributed by atoms with Crippen LogP contribution in [0, 0.1) is 20.8 Å². The first-order valence-electron chi connectivity index (χ1n) is 13.5. The quantitative estimate of drug-likeness (QED) is 0.292. The van der Waals surface area contributed by atoms with Crippen LogP contribution in [0.5, 0.6) is 0 Å². The number of aryl methyl sites for hydroxylation is 3. The molecule has 1 N–H and O–H groups in total. The van der Waals surface area contributed by atoms with E-state index in [0.29, 0.717) is 29.2 Å². The van der Waals surface area contributed by atoms with Gasteiger partial charge in [-0.3, -0.25) is 13.9 Å². The van der Waals surface area contributed by atoms with Gasteiger partial charge in [0.05, 0.1) is 10.6 Å². The first-order chi connectivity index (χ1) is 19.0. The third kappa shape index (κ3) is 7.43. The maximum absolute atomic E-state index is 14.1. The summed E-state index contributed by atoms with van der Waals surface area (Å²) >= 11 is 6.44. The Balaban J connectivity index is 2.09. The molecule has 3 aromatic carbocycles. The zero-order valence-electron chi connectivity index (χ0n) is 23.8.